The fourth-order valence-electron chi connectivity index (χ4n) is 2.64. The molecule has 2 aromatic carbocycles. The van der Waals surface area contributed by atoms with Gasteiger partial charge in [0.05, 0.1) is 12.7 Å². The quantitative estimate of drug-likeness (QED) is 0.535. The number of carbonyl (C=O) groups excluding carboxylic acids is 1. The minimum atomic E-state index is -4.00. The minimum Gasteiger partial charge on any atom is -0.300 e. The maximum absolute atomic E-state index is 13.2. The highest BCUT2D eigenvalue weighted by atomic mass is 31.2. The first-order valence-electron chi connectivity index (χ1n) is 8.34. The summed E-state index contributed by atoms with van der Waals surface area (Å²) < 4.78 is 24.3. The van der Waals surface area contributed by atoms with Crippen molar-refractivity contribution in [2.45, 2.75) is 26.6 Å². The third-order valence-corrected chi connectivity index (χ3v) is 5.72. The lowest BCUT2D eigenvalue weighted by Gasteiger charge is -2.20. The minimum absolute atomic E-state index is 0.0160. The van der Waals surface area contributed by atoms with Gasteiger partial charge in [0.2, 0.25) is 0 Å². The maximum Gasteiger partial charge on any atom is 0.402 e. The van der Waals surface area contributed by atoms with Gasteiger partial charge >= 0.3 is 7.60 Å². The molecule has 0 N–H and O–H groups in total. The van der Waals surface area contributed by atoms with Crippen LogP contribution in [0, 0.1) is 0 Å². The monoisotopic (exact) mass is 369 g/mol. The highest BCUT2D eigenvalue weighted by molar-refractivity contribution is 7.72. The van der Waals surface area contributed by atoms with E-state index in [-0.39, 0.29) is 12.2 Å². The summed E-state index contributed by atoms with van der Waals surface area (Å²) in [6, 6.07) is 16.6. The zero-order valence-electron chi connectivity index (χ0n) is 14.7. The average Bonchev–Trinajstić information content (AvgIpc) is 2.66. The first kappa shape index (κ1) is 18.5. The van der Waals surface area contributed by atoms with E-state index >= 15 is 0 Å². The molecule has 6 heteroatoms. The molecule has 1 unspecified atom stereocenters. The van der Waals surface area contributed by atoms with Crippen LogP contribution in [0.1, 0.15) is 29.8 Å². The third-order valence-electron chi connectivity index (χ3n) is 3.80. The van der Waals surface area contributed by atoms with Crippen LogP contribution in [0.3, 0.4) is 0 Å². The number of fused-ring (bicyclic) bond motifs is 1. The number of hydrogen-bond donors (Lipinski definition) is 0. The van der Waals surface area contributed by atoms with Crippen LogP contribution < -0.4 is 0 Å². The lowest BCUT2D eigenvalue weighted by molar-refractivity contribution is 0.0957. The van der Waals surface area contributed by atoms with E-state index in [1.807, 2.05) is 42.5 Å². The Morgan fingerprint density at radius 3 is 2.46 bits per heavy atom. The van der Waals surface area contributed by atoms with Crippen LogP contribution in [-0.2, 0) is 20.2 Å². The summed E-state index contributed by atoms with van der Waals surface area (Å²) in [6.45, 7) is 3.45. The fourth-order valence-corrected chi connectivity index (χ4v) is 4.24. The van der Waals surface area contributed by atoms with Crippen molar-refractivity contribution in [3.63, 3.8) is 0 Å². The SMILES string of the molecule is CC(C)OP(=O)(OCc1cccc2ccccc12)C(=O)c1ccncc1. The number of nitrogens with zero attached hydrogens (tertiary/aromatic N) is 1. The van der Waals surface area contributed by atoms with Crippen molar-refractivity contribution in [1.82, 2.24) is 4.98 Å². The predicted molar refractivity (Wildman–Crippen MR) is 101 cm³/mol. The van der Waals surface area contributed by atoms with Crippen LogP contribution in [0.15, 0.2) is 67.0 Å². The number of carbonyl (C=O) groups is 1. The Bertz CT molecular complexity index is 951. The molecule has 5 nitrogen and oxygen atoms in total. The van der Waals surface area contributed by atoms with Gasteiger partial charge < -0.3 is 4.52 Å². The highest BCUT2D eigenvalue weighted by Gasteiger charge is 2.37. The van der Waals surface area contributed by atoms with E-state index in [1.54, 1.807) is 13.8 Å². The van der Waals surface area contributed by atoms with Gasteiger partial charge in [-0.15, -0.1) is 0 Å². The summed E-state index contributed by atoms with van der Waals surface area (Å²) in [7, 11) is -4.00. The Hall–Kier alpha value is -2.33. The van der Waals surface area contributed by atoms with Gasteiger partial charge in [-0.2, -0.15) is 0 Å². The van der Waals surface area contributed by atoms with Gasteiger partial charge in [-0.25, -0.2) is 0 Å². The molecule has 3 aromatic rings. The summed E-state index contributed by atoms with van der Waals surface area (Å²) in [6.07, 6.45) is 2.52. The number of rotatable bonds is 7. The molecule has 0 amide bonds. The highest BCUT2D eigenvalue weighted by Crippen LogP contribution is 2.53. The second-order valence-corrected chi connectivity index (χ2v) is 7.97. The molecular weight excluding hydrogens is 349 g/mol. The van der Waals surface area contributed by atoms with Gasteiger partial charge in [-0.05, 0) is 42.3 Å². The Morgan fingerprint density at radius 2 is 1.73 bits per heavy atom. The van der Waals surface area contributed by atoms with Crippen molar-refractivity contribution < 1.29 is 18.4 Å². The molecular formula is C20H20NO4P. The summed E-state index contributed by atoms with van der Waals surface area (Å²) in [5, 5.41) is 2.04. The molecule has 26 heavy (non-hydrogen) atoms. The third kappa shape index (κ3) is 4.07. The lowest BCUT2D eigenvalue weighted by atomic mass is 10.1. The fraction of sp³-hybridized carbons (Fsp3) is 0.200. The standard InChI is InChI=1S/C20H20NO4P/c1-15(2)25-26(23,20(22)17-10-12-21-13-11-17)24-14-18-8-5-7-16-6-3-4-9-19(16)18/h3-13,15H,14H2,1-2H3. The first-order valence-corrected chi connectivity index (χ1v) is 9.88. The normalized spacial score (nSPS) is 13.7. The summed E-state index contributed by atoms with van der Waals surface area (Å²) in [5.74, 6) is 0. The van der Waals surface area contributed by atoms with Crippen LogP contribution in [0.2, 0.25) is 0 Å². The number of hydrogen-bond acceptors (Lipinski definition) is 5. The molecule has 0 spiro atoms. The number of aromatic nitrogens is 1. The molecule has 0 saturated carbocycles. The Labute approximate surface area is 152 Å². The zero-order chi connectivity index (χ0) is 18.6. The van der Waals surface area contributed by atoms with Crippen LogP contribution >= 0.6 is 7.60 Å². The van der Waals surface area contributed by atoms with Crippen LogP contribution in [-0.4, -0.2) is 16.6 Å². The van der Waals surface area contributed by atoms with Crippen molar-refractivity contribution in [1.29, 1.82) is 0 Å². The molecule has 3 rings (SSSR count). The molecule has 0 saturated heterocycles. The van der Waals surface area contributed by atoms with E-state index in [9.17, 15) is 9.36 Å². The Balaban J connectivity index is 1.89. The van der Waals surface area contributed by atoms with Gasteiger partial charge in [0, 0.05) is 18.0 Å². The second kappa shape index (κ2) is 7.92. The van der Waals surface area contributed by atoms with Gasteiger partial charge in [0.1, 0.15) is 0 Å². The Kier molecular flexibility index (Phi) is 5.62. The van der Waals surface area contributed by atoms with E-state index in [0.29, 0.717) is 0 Å². The van der Waals surface area contributed by atoms with Crippen molar-refractivity contribution >= 4 is 23.9 Å². The van der Waals surface area contributed by atoms with E-state index in [4.69, 9.17) is 9.05 Å². The molecule has 0 fully saturated rings. The number of pyridine rings is 1. The molecule has 0 bridgehead atoms. The lowest BCUT2D eigenvalue weighted by Crippen LogP contribution is -2.11. The smallest absolute Gasteiger partial charge is 0.300 e. The summed E-state index contributed by atoms with van der Waals surface area (Å²) in [5.41, 5.74) is 0.439. The van der Waals surface area contributed by atoms with Gasteiger partial charge in [-0.1, -0.05) is 42.5 Å². The molecule has 0 aliphatic rings. The molecule has 1 heterocycles. The predicted octanol–water partition coefficient (Wildman–Crippen LogP) is 5.21. The zero-order valence-corrected chi connectivity index (χ0v) is 15.6. The maximum atomic E-state index is 13.2. The van der Waals surface area contributed by atoms with E-state index < -0.39 is 19.2 Å². The van der Waals surface area contributed by atoms with Gasteiger partial charge in [-0.3, -0.25) is 18.9 Å². The van der Waals surface area contributed by atoms with Crippen LogP contribution in [0.25, 0.3) is 10.8 Å². The van der Waals surface area contributed by atoms with Crippen molar-refractivity contribution in [3.05, 3.63) is 78.1 Å². The van der Waals surface area contributed by atoms with Crippen molar-refractivity contribution in [3.8, 4) is 0 Å². The van der Waals surface area contributed by atoms with Crippen molar-refractivity contribution in [2.24, 2.45) is 0 Å². The topological polar surface area (TPSA) is 65.5 Å². The van der Waals surface area contributed by atoms with E-state index in [0.717, 1.165) is 16.3 Å². The van der Waals surface area contributed by atoms with Crippen molar-refractivity contribution in [2.75, 3.05) is 0 Å². The molecule has 134 valence electrons. The summed E-state index contributed by atoms with van der Waals surface area (Å²) in [4.78, 5) is 16.6. The molecule has 1 atom stereocenters. The largest absolute Gasteiger partial charge is 0.402 e. The number of benzene rings is 2. The second-order valence-electron chi connectivity index (χ2n) is 6.10. The first-order chi connectivity index (χ1) is 12.5. The van der Waals surface area contributed by atoms with E-state index in [1.165, 1.54) is 24.5 Å². The molecule has 0 aliphatic carbocycles. The molecule has 0 radical (unpaired) electrons. The average molecular weight is 369 g/mol. The molecule has 0 aliphatic heterocycles. The van der Waals surface area contributed by atoms with Gasteiger partial charge in [0.25, 0.3) is 5.52 Å². The van der Waals surface area contributed by atoms with Crippen LogP contribution in [0.4, 0.5) is 0 Å². The van der Waals surface area contributed by atoms with E-state index in [2.05, 4.69) is 4.98 Å². The van der Waals surface area contributed by atoms with Crippen LogP contribution in [0.5, 0.6) is 0 Å². The van der Waals surface area contributed by atoms with Gasteiger partial charge in [0.15, 0.2) is 0 Å². The summed E-state index contributed by atoms with van der Waals surface area (Å²) >= 11 is 0. The Morgan fingerprint density at radius 1 is 1.04 bits per heavy atom. The molecule has 1 aromatic heterocycles.